The first kappa shape index (κ1) is 13.4. The average molecular weight is 239 g/mol. The summed E-state index contributed by atoms with van der Waals surface area (Å²) < 4.78 is 0. The smallest absolute Gasteiger partial charge is 0.120 e. The van der Waals surface area contributed by atoms with E-state index in [9.17, 15) is 5.11 Å². The Hall–Kier alpha value is -0.670. The molecule has 0 aromatic heterocycles. The number of benzene rings is 1. The van der Waals surface area contributed by atoms with Gasteiger partial charge in [-0.25, -0.2) is 0 Å². The van der Waals surface area contributed by atoms with Crippen LogP contribution in [-0.4, -0.2) is 23.7 Å². The summed E-state index contributed by atoms with van der Waals surface area (Å²) in [5.41, 5.74) is 1.01. The average Bonchev–Trinajstić information content (AvgIpc) is 2.31. The number of aromatic hydroxyl groups is 1. The molecule has 0 fully saturated rings. The Balaban J connectivity index is 2.51. The van der Waals surface area contributed by atoms with E-state index in [2.05, 4.69) is 18.5 Å². The van der Waals surface area contributed by atoms with Crippen molar-refractivity contribution in [3.63, 3.8) is 0 Å². The van der Waals surface area contributed by atoms with Crippen LogP contribution in [0.15, 0.2) is 24.3 Å². The van der Waals surface area contributed by atoms with E-state index < -0.39 is 0 Å². The van der Waals surface area contributed by atoms with E-state index in [0.717, 1.165) is 18.5 Å². The van der Waals surface area contributed by atoms with Crippen LogP contribution in [0.3, 0.4) is 0 Å². The number of nitrogens with one attached hydrogen (secondary N) is 1. The van der Waals surface area contributed by atoms with Crippen LogP contribution in [-0.2, 0) is 0 Å². The zero-order valence-corrected chi connectivity index (χ0v) is 10.9. The quantitative estimate of drug-likeness (QED) is 0.717. The van der Waals surface area contributed by atoms with E-state index in [4.69, 9.17) is 0 Å². The molecule has 1 aromatic carbocycles. The van der Waals surface area contributed by atoms with Crippen LogP contribution in [0.2, 0.25) is 0 Å². The van der Waals surface area contributed by atoms with Gasteiger partial charge in [-0.05, 0) is 37.5 Å². The van der Waals surface area contributed by atoms with Crippen LogP contribution in [0.4, 0.5) is 0 Å². The Labute approximate surface area is 102 Å². The fraction of sp³-hybridized carbons (Fsp3) is 0.538. The molecular formula is C13H21NOS. The Kier molecular flexibility index (Phi) is 6.34. The maximum atomic E-state index is 9.77. The molecule has 1 atom stereocenters. The summed E-state index contributed by atoms with van der Waals surface area (Å²) in [4.78, 5) is 0. The molecule has 1 rings (SSSR count). The van der Waals surface area contributed by atoms with Crippen molar-refractivity contribution >= 4 is 11.8 Å². The maximum Gasteiger partial charge on any atom is 0.120 e. The third-order valence-corrected chi connectivity index (χ3v) is 3.33. The molecule has 2 N–H and O–H groups in total. The first-order chi connectivity index (χ1) is 7.79. The first-order valence-electron chi connectivity index (χ1n) is 5.79. The monoisotopic (exact) mass is 239 g/mol. The number of phenols is 1. The van der Waals surface area contributed by atoms with Gasteiger partial charge >= 0.3 is 0 Å². The number of rotatable bonds is 7. The van der Waals surface area contributed by atoms with E-state index in [-0.39, 0.29) is 6.04 Å². The van der Waals surface area contributed by atoms with Crippen LogP contribution in [0.1, 0.15) is 31.4 Å². The van der Waals surface area contributed by atoms with Gasteiger partial charge in [0.05, 0.1) is 0 Å². The molecule has 0 amide bonds. The highest BCUT2D eigenvalue weighted by molar-refractivity contribution is 7.98. The van der Waals surface area contributed by atoms with E-state index in [1.165, 1.54) is 12.2 Å². The molecule has 3 heteroatoms. The molecule has 0 radical (unpaired) electrons. The van der Waals surface area contributed by atoms with E-state index in [0.29, 0.717) is 5.75 Å². The van der Waals surface area contributed by atoms with Gasteiger partial charge in [-0.15, -0.1) is 0 Å². The minimum atomic E-state index is 0.267. The minimum Gasteiger partial charge on any atom is -0.508 e. The van der Waals surface area contributed by atoms with E-state index in [1.54, 1.807) is 6.07 Å². The SMILES string of the molecule is CCC(NCCCSC)c1ccccc1O. The van der Waals surface area contributed by atoms with Crippen molar-refractivity contribution in [2.75, 3.05) is 18.6 Å². The van der Waals surface area contributed by atoms with Gasteiger partial charge in [0.1, 0.15) is 5.75 Å². The van der Waals surface area contributed by atoms with Crippen LogP contribution in [0.25, 0.3) is 0 Å². The predicted octanol–water partition coefficient (Wildman–Crippen LogP) is 3.19. The Bertz CT molecular complexity index is 304. The van der Waals surface area contributed by atoms with Gasteiger partial charge < -0.3 is 10.4 Å². The lowest BCUT2D eigenvalue weighted by Crippen LogP contribution is -2.22. The third kappa shape index (κ3) is 4.06. The third-order valence-electron chi connectivity index (χ3n) is 2.64. The molecular weight excluding hydrogens is 218 g/mol. The molecule has 1 aromatic rings. The highest BCUT2D eigenvalue weighted by atomic mass is 32.2. The molecule has 1 unspecified atom stereocenters. The van der Waals surface area contributed by atoms with Gasteiger partial charge in [-0.2, -0.15) is 11.8 Å². The van der Waals surface area contributed by atoms with E-state index in [1.807, 2.05) is 30.0 Å². The molecule has 0 aliphatic rings. The lowest BCUT2D eigenvalue weighted by Gasteiger charge is -2.18. The Morgan fingerprint density at radius 2 is 2.12 bits per heavy atom. The largest absolute Gasteiger partial charge is 0.508 e. The molecule has 16 heavy (non-hydrogen) atoms. The van der Waals surface area contributed by atoms with Gasteiger partial charge in [0, 0.05) is 11.6 Å². The summed E-state index contributed by atoms with van der Waals surface area (Å²) in [5, 5.41) is 13.3. The van der Waals surface area contributed by atoms with Crippen molar-refractivity contribution in [3.05, 3.63) is 29.8 Å². The Morgan fingerprint density at radius 1 is 1.38 bits per heavy atom. The molecule has 0 spiro atoms. The van der Waals surface area contributed by atoms with Crippen LogP contribution < -0.4 is 5.32 Å². The first-order valence-corrected chi connectivity index (χ1v) is 7.19. The summed E-state index contributed by atoms with van der Waals surface area (Å²) in [6.07, 6.45) is 4.29. The van der Waals surface area contributed by atoms with Crippen molar-refractivity contribution in [2.24, 2.45) is 0 Å². The van der Waals surface area contributed by atoms with Gasteiger partial charge in [0.25, 0.3) is 0 Å². The number of para-hydroxylation sites is 1. The van der Waals surface area contributed by atoms with Crippen molar-refractivity contribution in [3.8, 4) is 5.75 Å². The maximum absolute atomic E-state index is 9.77. The normalized spacial score (nSPS) is 12.6. The van der Waals surface area contributed by atoms with Gasteiger partial charge in [0.15, 0.2) is 0 Å². The van der Waals surface area contributed by atoms with Crippen molar-refractivity contribution < 1.29 is 5.11 Å². The molecule has 0 saturated carbocycles. The summed E-state index contributed by atoms with van der Waals surface area (Å²) in [6, 6.07) is 7.84. The minimum absolute atomic E-state index is 0.267. The lowest BCUT2D eigenvalue weighted by atomic mass is 10.0. The zero-order chi connectivity index (χ0) is 11.8. The summed E-state index contributed by atoms with van der Waals surface area (Å²) >= 11 is 1.87. The molecule has 0 aliphatic heterocycles. The standard InChI is InChI=1S/C13H21NOS/c1-3-12(14-9-6-10-16-2)11-7-4-5-8-13(11)15/h4-5,7-8,12,14-15H,3,6,9-10H2,1-2H3. The van der Waals surface area contributed by atoms with Crippen molar-refractivity contribution in [1.82, 2.24) is 5.32 Å². The van der Waals surface area contributed by atoms with E-state index >= 15 is 0 Å². The van der Waals surface area contributed by atoms with Crippen LogP contribution in [0.5, 0.6) is 5.75 Å². The summed E-state index contributed by atoms with van der Waals surface area (Å²) in [6.45, 7) is 3.15. The van der Waals surface area contributed by atoms with Crippen molar-refractivity contribution in [2.45, 2.75) is 25.8 Å². The molecule has 2 nitrogen and oxygen atoms in total. The molecule has 0 heterocycles. The summed E-state index contributed by atoms with van der Waals surface area (Å²) in [7, 11) is 0. The number of thioether (sulfide) groups is 1. The molecule has 0 saturated heterocycles. The number of phenolic OH excluding ortho intramolecular Hbond substituents is 1. The fourth-order valence-electron chi connectivity index (χ4n) is 1.75. The van der Waals surface area contributed by atoms with Crippen LogP contribution >= 0.6 is 11.8 Å². The highest BCUT2D eigenvalue weighted by Crippen LogP contribution is 2.25. The van der Waals surface area contributed by atoms with Crippen LogP contribution in [0, 0.1) is 0 Å². The molecule has 0 bridgehead atoms. The highest BCUT2D eigenvalue weighted by Gasteiger charge is 2.11. The lowest BCUT2D eigenvalue weighted by molar-refractivity contribution is 0.441. The number of hydrogen-bond donors (Lipinski definition) is 2. The fourth-order valence-corrected chi connectivity index (χ4v) is 2.18. The van der Waals surface area contributed by atoms with Gasteiger partial charge in [-0.1, -0.05) is 25.1 Å². The number of hydrogen-bond acceptors (Lipinski definition) is 3. The van der Waals surface area contributed by atoms with Crippen molar-refractivity contribution in [1.29, 1.82) is 0 Å². The topological polar surface area (TPSA) is 32.3 Å². The second-order valence-corrected chi connectivity index (χ2v) is 4.81. The van der Waals surface area contributed by atoms with Gasteiger partial charge in [-0.3, -0.25) is 0 Å². The second kappa shape index (κ2) is 7.58. The summed E-state index contributed by atoms with van der Waals surface area (Å²) in [5.74, 6) is 1.58. The van der Waals surface area contributed by atoms with Gasteiger partial charge in [0.2, 0.25) is 0 Å². The zero-order valence-electron chi connectivity index (χ0n) is 10.1. The predicted molar refractivity (Wildman–Crippen MR) is 72.1 cm³/mol. The Morgan fingerprint density at radius 3 is 2.75 bits per heavy atom. The molecule has 90 valence electrons. The molecule has 0 aliphatic carbocycles. The second-order valence-electron chi connectivity index (χ2n) is 3.82.